The Labute approximate surface area is 191 Å². The molecule has 2 N–H and O–H groups in total. The molecule has 2 aliphatic rings. The van der Waals surface area contributed by atoms with Crippen LogP contribution in [-0.4, -0.2) is 59.3 Å². The van der Waals surface area contributed by atoms with E-state index in [9.17, 15) is 26.4 Å². The number of carbonyl (C=O) groups excluding carboxylic acids is 2. The van der Waals surface area contributed by atoms with Crippen molar-refractivity contribution in [2.45, 2.75) is 23.8 Å². The van der Waals surface area contributed by atoms with Crippen LogP contribution in [0.1, 0.15) is 12.8 Å². The summed E-state index contributed by atoms with van der Waals surface area (Å²) in [5, 5.41) is 2.66. The van der Waals surface area contributed by atoms with Crippen molar-refractivity contribution >= 4 is 43.0 Å². The van der Waals surface area contributed by atoms with Gasteiger partial charge in [0, 0.05) is 11.7 Å². The zero-order valence-corrected chi connectivity index (χ0v) is 19.2. The van der Waals surface area contributed by atoms with Gasteiger partial charge >= 0.3 is 0 Å². The van der Waals surface area contributed by atoms with Crippen molar-refractivity contribution in [2.75, 3.05) is 34.9 Å². The SMILES string of the molecule is O=C(CN1C(=O)CCOc2ccccc21)Nc1ccc(S(=O)(=O)N[C@@H]2CCS(=O)(=O)C2)cc1. The second-order valence-electron chi connectivity index (χ2n) is 7.84. The summed E-state index contributed by atoms with van der Waals surface area (Å²) >= 11 is 0. The number of para-hydroxylation sites is 2. The lowest BCUT2D eigenvalue weighted by Gasteiger charge is -2.21. The molecular weight excluding hydrogens is 470 g/mol. The van der Waals surface area contributed by atoms with E-state index in [1.807, 2.05) is 0 Å². The van der Waals surface area contributed by atoms with Gasteiger partial charge in [-0.1, -0.05) is 12.1 Å². The molecule has 10 nitrogen and oxygen atoms in total. The third kappa shape index (κ3) is 5.52. The van der Waals surface area contributed by atoms with Crippen LogP contribution in [0.2, 0.25) is 0 Å². The van der Waals surface area contributed by atoms with Gasteiger partial charge in [-0.25, -0.2) is 21.6 Å². The predicted octanol–water partition coefficient (Wildman–Crippen LogP) is 0.906. The first kappa shape index (κ1) is 23.2. The number of carbonyl (C=O) groups is 2. The summed E-state index contributed by atoms with van der Waals surface area (Å²) in [6.45, 7) is 0.00168. The average Bonchev–Trinajstić information content (AvgIpc) is 3.01. The summed E-state index contributed by atoms with van der Waals surface area (Å²) in [7, 11) is -7.12. The minimum absolute atomic E-state index is 0.0404. The Kier molecular flexibility index (Phi) is 6.41. The number of fused-ring (bicyclic) bond motifs is 1. The van der Waals surface area contributed by atoms with Crippen molar-refractivity contribution in [3.8, 4) is 5.75 Å². The molecule has 0 aliphatic carbocycles. The zero-order chi connectivity index (χ0) is 23.6. The second-order valence-corrected chi connectivity index (χ2v) is 11.8. The molecule has 2 aromatic carbocycles. The number of ether oxygens (including phenoxy) is 1. The Morgan fingerprint density at radius 1 is 1.12 bits per heavy atom. The second kappa shape index (κ2) is 9.12. The van der Waals surface area contributed by atoms with Gasteiger partial charge in [0.1, 0.15) is 12.3 Å². The van der Waals surface area contributed by atoms with Crippen molar-refractivity contribution in [1.29, 1.82) is 0 Å². The van der Waals surface area contributed by atoms with Gasteiger partial charge in [-0.15, -0.1) is 0 Å². The van der Waals surface area contributed by atoms with Gasteiger partial charge in [0.25, 0.3) is 0 Å². The topological polar surface area (TPSA) is 139 Å². The van der Waals surface area contributed by atoms with Crippen LogP contribution in [0.3, 0.4) is 0 Å². The zero-order valence-electron chi connectivity index (χ0n) is 17.6. The molecule has 176 valence electrons. The van der Waals surface area contributed by atoms with E-state index in [1.165, 1.54) is 29.2 Å². The van der Waals surface area contributed by atoms with E-state index in [2.05, 4.69) is 10.0 Å². The number of amides is 2. The molecule has 2 aliphatic heterocycles. The van der Waals surface area contributed by atoms with Gasteiger partial charge in [0.15, 0.2) is 9.84 Å². The van der Waals surface area contributed by atoms with E-state index in [-0.39, 0.29) is 48.3 Å². The quantitative estimate of drug-likeness (QED) is 0.610. The van der Waals surface area contributed by atoms with E-state index in [4.69, 9.17) is 4.74 Å². The van der Waals surface area contributed by atoms with E-state index < -0.39 is 31.8 Å². The average molecular weight is 494 g/mol. The summed E-state index contributed by atoms with van der Waals surface area (Å²) in [5.74, 6) is -0.430. The van der Waals surface area contributed by atoms with Crippen LogP contribution in [-0.2, 0) is 29.4 Å². The number of anilines is 2. The van der Waals surface area contributed by atoms with Crippen molar-refractivity contribution in [1.82, 2.24) is 4.72 Å². The highest BCUT2D eigenvalue weighted by molar-refractivity contribution is 7.92. The van der Waals surface area contributed by atoms with Crippen LogP contribution in [0, 0.1) is 0 Å². The summed E-state index contributed by atoms with van der Waals surface area (Å²) in [6, 6.07) is 11.8. The Morgan fingerprint density at radius 3 is 2.55 bits per heavy atom. The minimum atomic E-state index is -3.90. The molecule has 33 heavy (non-hydrogen) atoms. The molecule has 2 aromatic rings. The van der Waals surface area contributed by atoms with Gasteiger partial charge in [-0.05, 0) is 42.8 Å². The van der Waals surface area contributed by atoms with Gasteiger partial charge in [0.2, 0.25) is 21.8 Å². The molecule has 4 rings (SSSR count). The standard InChI is InChI=1S/C21H23N3O7S2/c25-20(13-24-18-3-1-2-4-19(18)31-11-9-21(24)26)22-15-5-7-17(8-6-15)33(29,30)23-16-10-12-32(27,28)14-16/h1-8,16,23H,9-14H2,(H,22,25)/t16-/m1/s1. The lowest BCUT2D eigenvalue weighted by atomic mass is 10.2. The lowest BCUT2D eigenvalue weighted by Crippen LogP contribution is -2.37. The fourth-order valence-corrected chi connectivity index (χ4v) is 6.78. The van der Waals surface area contributed by atoms with Crippen molar-refractivity contribution < 1.29 is 31.2 Å². The normalized spacial score (nSPS) is 19.9. The van der Waals surface area contributed by atoms with E-state index >= 15 is 0 Å². The number of rotatable bonds is 6. The van der Waals surface area contributed by atoms with Crippen molar-refractivity contribution in [3.63, 3.8) is 0 Å². The molecule has 2 amide bonds. The van der Waals surface area contributed by atoms with E-state index in [0.717, 1.165) is 0 Å². The molecule has 0 radical (unpaired) electrons. The van der Waals surface area contributed by atoms with Crippen LogP contribution >= 0.6 is 0 Å². The van der Waals surface area contributed by atoms with Gasteiger partial charge in [0.05, 0.1) is 35.1 Å². The number of hydrogen-bond donors (Lipinski definition) is 2. The third-order valence-electron chi connectivity index (χ3n) is 5.33. The number of sulfone groups is 1. The van der Waals surface area contributed by atoms with Gasteiger partial charge in [-0.3, -0.25) is 14.5 Å². The number of nitrogens with zero attached hydrogens (tertiary/aromatic N) is 1. The fourth-order valence-electron chi connectivity index (χ4n) is 3.73. The highest BCUT2D eigenvalue weighted by atomic mass is 32.2. The van der Waals surface area contributed by atoms with E-state index in [1.54, 1.807) is 24.3 Å². The predicted molar refractivity (Wildman–Crippen MR) is 121 cm³/mol. The smallest absolute Gasteiger partial charge is 0.244 e. The monoisotopic (exact) mass is 493 g/mol. The molecule has 12 heteroatoms. The maximum atomic E-state index is 12.6. The maximum Gasteiger partial charge on any atom is 0.244 e. The molecule has 2 heterocycles. The first-order chi connectivity index (χ1) is 15.6. The molecule has 1 fully saturated rings. The molecular formula is C21H23N3O7S2. The third-order valence-corrected chi connectivity index (χ3v) is 8.64. The fraction of sp³-hybridized carbons (Fsp3) is 0.333. The Balaban J connectivity index is 1.41. The maximum absolute atomic E-state index is 12.6. The van der Waals surface area contributed by atoms with Crippen LogP contribution in [0.15, 0.2) is 53.4 Å². The van der Waals surface area contributed by atoms with Crippen LogP contribution < -0.4 is 19.7 Å². The Morgan fingerprint density at radius 2 is 1.85 bits per heavy atom. The Bertz CT molecular complexity index is 1280. The van der Waals surface area contributed by atoms with Crippen LogP contribution in [0.4, 0.5) is 11.4 Å². The lowest BCUT2D eigenvalue weighted by molar-refractivity contribution is -0.121. The molecule has 1 saturated heterocycles. The molecule has 0 unspecified atom stereocenters. The molecule has 0 saturated carbocycles. The molecule has 0 aromatic heterocycles. The number of benzene rings is 2. The molecule has 0 spiro atoms. The summed E-state index contributed by atoms with van der Waals surface area (Å²) in [6.07, 6.45) is 0.378. The van der Waals surface area contributed by atoms with Gasteiger partial charge < -0.3 is 10.1 Å². The first-order valence-corrected chi connectivity index (χ1v) is 13.6. The van der Waals surface area contributed by atoms with Crippen molar-refractivity contribution in [2.24, 2.45) is 0 Å². The summed E-state index contributed by atoms with van der Waals surface area (Å²) < 4.78 is 56.1. The van der Waals surface area contributed by atoms with Crippen LogP contribution in [0.25, 0.3) is 0 Å². The molecule has 1 atom stereocenters. The van der Waals surface area contributed by atoms with Crippen molar-refractivity contribution in [3.05, 3.63) is 48.5 Å². The largest absolute Gasteiger partial charge is 0.491 e. The van der Waals surface area contributed by atoms with E-state index in [0.29, 0.717) is 17.1 Å². The summed E-state index contributed by atoms with van der Waals surface area (Å²) in [4.78, 5) is 26.4. The van der Waals surface area contributed by atoms with Gasteiger partial charge in [-0.2, -0.15) is 0 Å². The highest BCUT2D eigenvalue weighted by Gasteiger charge is 2.31. The summed E-state index contributed by atoms with van der Waals surface area (Å²) in [5.41, 5.74) is 0.866. The number of nitrogens with one attached hydrogen (secondary N) is 2. The molecule has 0 bridgehead atoms. The number of hydrogen-bond acceptors (Lipinski definition) is 7. The minimum Gasteiger partial charge on any atom is -0.491 e. The Hall–Kier alpha value is -2.96. The first-order valence-electron chi connectivity index (χ1n) is 10.3. The number of sulfonamides is 1. The highest BCUT2D eigenvalue weighted by Crippen LogP contribution is 2.30. The van der Waals surface area contributed by atoms with Crippen LogP contribution in [0.5, 0.6) is 5.75 Å².